The first-order chi connectivity index (χ1) is 12.7. The second-order valence-electron chi connectivity index (χ2n) is 7.45. The van der Waals surface area contributed by atoms with Crippen molar-refractivity contribution in [3.8, 4) is 0 Å². The third kappa shape index (κ3) is 3.92. The molecule has 2 aromatic rings. The van der Waals surface area contributed by atoms with Crippen molar-refractivity contribution in [2.24, 2.45) is 0 Å². The number of amides is 1. The summed E-state index contributed by atoms with van der Waals surface area (Å²) < 4.78 is 1.26. The van der Waals surface area contributed by atoms with E-state index in [1.807, 2.05) is 0 Å². The number of aromatic nitrogens is 1. The highest BCUT2D eigenvalue weighted by Gasteiger charge is 2.26. The zero-order chi connectivity index (χ0) is 17.9. The first kappa shape index (κ1) is 17.9. The number of rotatable bonds is 4. The van der Waals surface area contributed by atoms with E-state index in [0.717, 1.165) is 44.8 Å². The second-order valence-corrected chi connectivity index (χ2v) is 8.51. The van der Waals surface area contributed by atoms with Crippen LogP contribution in [0.1, 0.15) is 37.2 Å². The Labute approximate surface area is 159 Å². The van der Waals surface area contributed by atoms with Gasteiger partial charge in [-0.3, -0.25) is 14.6 Å². The molecule has 5 nitrogen and oxygen atoms in total. The van der Waals surface area contributed by atoms with Gasteiger partial charge in [0.2, 0.25) is 5.91 Å². The maximum Gasteiger partial charge on any atom is 0.236 e. The summed E-state index contributed by atoms with van der Waals surface area (Å²) in [7, 11) is 0. The molecule has 6 heteroatoms. The first-order valence-electron chi connectivity index (χ1n) is 9.80. The molecule has 0 spiro atoms. The fraction of sp³-hybridized carbons (Fsp3) is 0.600. The van der Waals surface area contributed by atoms with Crippen LogP contribution in [0.5, 0.6) is 0 Å². The Morgan fingerprint density at radius 2 is 1.81 bits per heavy atom. The third-order valence-electron chi connectivity index (χ3n) is 5.69. The molecule has 0 aliphatic carbocycles. The number of hydrogen-bond acceptors (Lipinski definition) is 5. The average Bonchev–Trinajstić information content (AvgIpc) is 3.13. The van der Waals surface area contributed by atoms with Crippen LogP contribution in [0.3, 0.4) is 0 Å². The molecule has 26 heavy (non-hydrogen) atoms. The zero-order valence-electron chi connectivity index (χ0n) is 15.6. The Morgan fingerprint density at radius 3 is 2.54 bits per heavy atom. The number of fused-ring (bicyclic) bond motifs is 1. The SMILES string of the molecule is C[C@@H](c1nc2ccccc2s1)N1CCN(CC(=O)N2CCCCC2)CC1. The van der Waals surface area contributed by atoms with Gasteiger partial charge in [0.1, 0.15) is 5.01 Å². The number of thiazole rings is 1. The van der Waals surface area contributed by atoms with Gasteiger partial charge in [0.25, 0.3) is 0 Å². The molecule has 0 N–H and O–H groups in total. The molecule has 1 aromatic carbocycles. The maximum absolute atomic E-state index is 12.5. The lowest BCUT2D eigenvalue weighted by Gasteiger charge is -2.38. The number of benzene rings is 1. The fourth-order valence-electron chi connectivity index (χ4n) is 3.97. The van der Waals surface area contributed by atoms with Crippen LogP contribution in [0.4, 0.5) is 0 Å². The standard InChI is InChI=1S/C20H28N4OS/c1-16(20-21-17-7-3-4-8-18(17)26-20)23-13-11-22(12-14-23)15-19(25)24-9-5-2-6-10-24/h3-4,7-8,16H,2,5-6,9-15H2,1H3/t16-/m0/s1. The summed E-state index contributed by atoms with van der Waals surface area (Å²) in [4.78, 5) is 24.2. The summed E-state index contributed by atoms with van der Waals surface area (Å²) in [5, 5.41) is 1.20. The highest BCUT2D eigenvalue weighted by atomic mass is 32.1. The predicted molar refractivity (Wildman–Crippen MR) is 106 cm³/mol. The Bertz CT molecular complexity index is 714. The minimum absolute atomic E-state index is 0.317. The van der Waals surface area contributed by atoms with E-state index in [0.29, 0.717) is 18.5 Å². The summed E-state index contributed by atoms with van der Waals surface area (Å²) in [5.74, 6) is 0.317. The molecule has 0 bridgehead atoms. The molecule has 2 aliphatic heterocycles. The van der Waals surface area contributed by atoms with Crippen molar-refractivity contribution in [2.45, 2.75) is 32.2 Å². The third-order valence-corrected chi connectivity index (χ3v) is 6.90. The smallest absolute Gasteiger partial charge is 0.236 e. The molecular formula is C20H28N4OS. The molecule has 0 unspecified atom stereocenters. The number of carbonyl (C=O) groups excluding carboxylic acids is 1. The zero-order valence-corrected chi connectivity index (χ0v) is 16.4. The van der Waals surface area contributed by atoms with Crippen LogP contribution in [-0.2, 0) is 4.79 Å². The van der Waals surface area contributed by atoms with Crippen LogP contribution in [0.15, 0.2) is 24.3 Å². The van der Waals surface area contributed by atoms with Crippen molar-refractivity contribution >= 4 is 27.5 Å². The number of hydrogen-bond donors (Lipinski definition) is 0. The van der Waals surface area contributed by atoms with Gasteiger partial charge in [-0.25, -0.2) is 4.98 Å². The molecule has 2 saturated heterocycles. The molecule has 3 heterocycles. The highest BCUT2D eigenvalue weighted by molar-refractivity contribution is 7.18. The molecular weight excluding hydrogens is 344 g/mol. The van der Waals surface area contributed by atoms with Crippen molar-refractivity contribution in [2.75, 3.05) is 45.8 Å². The van der Waals surface area contributed by atoms with E-state index in [1.165, 1.54) is 29.0 Å². The van der Waals surface area contributed by atoms with Crippen LogP contribution in [0.25, 0.3) is 10.2 Å². The lowest BCUT2D eigenvalue weighted by atomic mass is 10.1. The van der Waals surface area contributed by atoms with Crippen LogP contribution < -0.4 is 0 Å². The lowest BCUT2D eigenvalue weighted by molar-refractivity contribution is -0.133. The second kappa shape index (κ2) is 8.03. The molecule has 2 fully saturated rings. The van der Waals surface area contributed by atoms with E-state index < -0.39 is 0 Å². The molecule has 2 aliphatic rings. The topological polar surface area (TPSA) is 39.7 Å². The van der Waals surface area contributed by atoms with Crippen LogP contribution >= 0.6 is 11.3 Å². The molecule has 0 saturated carbocycles. The molecule has 1 aromatic heterocycles. The summed E-state index contributed by atoms with van der Waals surface area (Å²) in [5.41, 5.74) is 1.10. The van der Waals surface area contributed by atoms with Gasteiger partial charge in [-0.2, -0.15) is 0 Å². The molecule has 1 atom stereocenters. The molecule has 4 rings (SSSR count). The van der Waals surface area contributed by atoms with E-state index in [-0.39, 0.29) is 0 Å². The maximum atomic E-state index is 12.5. The molecule has 140 valence electrons. The summed E-state index contributed by atoms with van der Waals surface area (Å²) in [6, 6.07) is 8.70. The number of piperidine rings is 1. The predicted octanol–water partition coefficient (Wildman–Crippen LogP) is 2.99. The number of para-hydroxylation sites is 1. The van der Waals surface area contributed by atoms with Gasteiger partial charge in [0.15, 0.2) is 0 Å². The van der Waals surface area contributed by atoms with E-state index in [2.05, 4.69) is 45.9 Å². The van der Waals surface area contributed by atoms with E-state index in [9.17, 15) is 4.79 Å². The van der Waals surface area contributed by atoms with Gasteiger partial charge in [0.05, 0.1) is 22.8 Å². The van der Waals surface area contributed by atoms with Gasteiger partial charge < -0.3 is 4.90 Å². The first-order valence-corrected chi connectivity index (χ1v) is 10.6. The number of carbonyl (C=O) groups is 1. The fourth-order valence-corrected chi connectivity index (χ4v) is 5.02. The van der Waals surface area contributed by atoms with Crippen molar-refractivity contribution in [1.82, 2.24) is 19.7 Å². The van der Waals surface area contributed by atoms with E-state index in [1.54, 1.807) is 11.3 Å². The van der Waals surface area contributed by atoms with Gasteiger partial charge >= 0.3 is 0 Å². The van der Waals surface area contributed by atoms with Gasteiger partial charge in [-0.1, -0.05) is 12.1 Å². The van der Waals surface area contributed by atoms with Gasteiger partial charge in [-0.05, 0) is 38.3 Å². The molecule has 0 radical (unpaired) electrons. The molecule has 1 amide bonds. The van der Waals surface area contributed by atoms with Crippen LogP contribution in [0.2, 0.25) is 0 Å². The largest absolute Gasteiger partial charge is 0.342 e. The van der Waals surface area contributed by atoms with Crippen molar-refractivity contribution in [3.05, 3.63) is 29.3 Å². The Hall–Kier alpha value is -1.50. The minimum atomic E-state index is 0.317. The number of likely N-dealkylation sites (tertiary alicyclic amines) is 1. The average molecular weight is 373 g/mol. The van der Waals surface area contributed by atoms with E-state index in [4.69, 9.17) is 4.98 Å². The summed E-state index contributed by atoms with van der Waals surface area (Å²) >= 11 is 1.80. The minimum Gasteiger partial charge on any atom is -0.342 e. The van der Waals surface area contributed by atoms with Crippen LogP contribution in [-0.4, -0.2) is 71.4 Å². The Morgan fingerprint density at radius 1 is 1.08 bits per heavy atom. The Kier molecular flexibility index (Phi) is 5.52. The number of nitrogens with zero attached hydrogens (tertiary/aromatic N) is 4. The van der Waals surface area contributed by atoms with Crippen LogP contribution in [0, 0.1) is 0 Å². The quantitative estimate of drug-likeness (QED) is 0.827. The monoisotopic (exact) mass is 372 g/mol. The highest BCUT2D eigenvalue weighted by Crippen LogP contribution is 2.29. The summed E-state index contributed by atoms with van der Waals surface area (Å²) in [6.07, 6.45) is 3.60. The Balaban J connectivity index is 1.30. The van der Waals surface area contributed by atoms with Crippen molar-refractivity contribution in [1.29, 1.82) is 0 Å². The normalized spacial score (nSPS) is 21.2. The lowest BCUT2D eigenvalue weighted by Crippen LogP contribution is -2.51. The summed E-state index contributed by atoms with van der Waals surface area (Å²) in [6.45, 7) is 8.69. The van der Waals surface area contributed by atoms with E-state index >= 15 is 0 Å². The van der Waals surface area contributed by atoms with Gasteiger partial charge in [0, 0.05) is 39.3 Å². The van der Waals surface area contributed by atoms with Gasteiger partial charge in [-0.15, -0.1) is 11.3 Å². The van der Waals surface area contributed by atoms with Crippen molar-refractivity contribution < 1.29 is 4.79 Å². The van der Waals surface area contributed by atoms with Crippen molar-refractivity contribution in [3.63, 3.8) is 0 Å². The number of piperazine rings is 1.